The predicted molar refractivity (Wildman–Crippen MR) is 151 cm³/mol. The molecule has 11 heteroatoms. The second-order valence-electron chi connectivity index (χ2n) is 8.14. The molecule has 0 saturated heterocycles. The highest BCUT2D eigenvalue weighted by Gasteiger charge is 2.23. The molecular formula is C26H25BrN4O4S2. The van der Waals surface area contributed by atoms with E-state index in [0.717, 1.165) is 27.6 Å². The number of carbonyl (C=O) groups is 2. The van der Waals surface area contributed by atoms with Gasteiger partial charge in [-0.15, -0.1) is 11.3 Å². The minimum absolute atomic E-state index is 0.178. The van der Waals surface area contributed by atoms with E-state index < -0.39 is 16.7 Å². The molecule has 2 N–H and O–H groups in total. The fourth-order valence-electron chi connectivity index (χ4n) is 3.39. The molecule has 192 valence electrons. The average molecular weight is 602 g/mol. The van der Waals surface area contributed by atoms with Crippen molar-refractivity contribution in [3.05, 3.63) is 85.9 Å². The summed E-state index contributed by atoms with van der Waals surface area (Å²) in [6.45, 7) is 3.98. The predicted octanol–water partition coefficient (Wildman–Crippen LogP) is 4.87. The van der Waals surface area contributed by atoms with Crippen LogP contribution in [-0.2, 0) is 16.1 Å². The Morgan fingerprint density at radius 1 is 1.16 bits per heavy atom. The highest BCUT2D eigenvalue weighted by molar-refractivity contribution is 9.10. The highest BCUT2D eigenvalue weighted by Crippen LogP contribution is 2.26. The molecule has 4 rings (SSSR count). The fourth-order valence-corrected chi connectivity index (χ4v) is 5.55. The minimum Gasteiger partial charge on any atom is -0.483 e. The van der Waals surface area contributed by atoms with E-state index >= 15 is 0 Å². The molecule has 8 nitrogen and oxygen atoms in total. The van der Waals surface area contributed by atoms with Crippen molar-refractivity contribution in [1.29, 1.82) is 0 Å². The molecule has 2 aromatic carbocycles. The lowest BCUT2D eigenvalue weighted by Gasteiger charge is -2.18. The van der Waals surface area contributed by atoms with E-state index in [2.05, 4.69) is 31.7 Å². The molecule has 2 amide bonds. The van der Waals surface area contributed by atoms with Gasteiger partial charge in [-0.1, -0.05) is 60.6 Å². The number of carbonyl (C=O) groups excluding carboxylic acids is 2. The first kappa shape index (κ1) is 26.9. The number of amides is 2. The van der Waals surface area contributed by atoms with Gasteiger partial charge in [0.1, 0.15) is 10.4 Å². The van der Waals surface area contributed by atoms with Gasteiger partial charge in [0.25, 0.3) is 11.5 Å². The quantitative estimate of drug-likeness (QED) is 0.199. The van der Waals surface area contributed by atoms with Crippen LogP contribution in [0, 0.1) is 6.92 Å². The van der Waals surface area contributed by atoms with Crippen LogP contribution in [0.1, 0.15) is 24.5 Å². The first-order chi connectivity index (χ1) is 17.9. The number of thiophene rings is 1. The number of rotatable bonds is 10. The number of fused-ring (bicyclic) bond motifs is 1. The zero-order chi connectivity index (χ0) is 26.4. The van der Waals surface area contributed by atoms with E-state index in [0.29, 0.717) is 33.4 Å². The first-order valence-electron chi connectivity index (χ1n) is 11.5. The van der Waals surface area contributed by atoms with Gasteiger partial charge in [-0.3, -0.25) is 19.8 Å². The van der Waals surface area contributed by atoms with Crippen molar-refractivity contribution >= 4 is 61.1 Å². The molecule has 1 atom stereocenters. The Hall–Kier alpha value is -3.15. The first-order valence-corrected chi connectivity index (χ1v) is 14.1. The number of nitrogens with zero attached hydrogens (tertiary/aromatic N) is 2. The molecular weight excluding hydrogens is 576 g/mol. The van der Waals surface area contributed by atoms with E-state index in [1.54, 1.807) is 29.6 Å². The van der Waals surface area contributed by atoms with E-state index in [1.807, 2.05) is 44.2 Å². The number of halogens is 1. The molecule has 0 unspecified atom stereocenters. The van der Waals surface area contributed by atoms with Crippen molar-refractivity contribution < 1.29 is 14.3 Å². The van der Waals surface area contributed by atoms with Crippen LogP contribution < -0.4 is 21.0 Å². The van der Waals surface area contributed by atoms with Crippen LogP contribution in [0.25, 0.3) is 10.2 Å². The van der Waals surface area contributed by atoms with Crippen molar-refractivity contribution in [2.45, 2.75) is 37.2 Å². The highest BCUT2D eigenvalue weighted by atomic mass is 79.9. The molecule has 2 aromatic heterocycles. The van der Waals surface area contributed by atoms with Gasteiger partial charge in [-0.05, 0) is 58.4 Å². The van der Waals surface area contributed by atoms with E-state index in [9.17, 15) is 14.4 Å². The van der Waals surface area contributed by atoms with Gasteiger partial charge in [0.15, 0.2) is 11.8 Å². The Balaban J connectivity index is 1.51. The van der Waals surface area contributed by atoms with E-state index in [4.69, 9.17) is 4.74 Å². The van der Waals surface area contributed by atoms with Gasteiger partial charge in [0.05, 0.1) is 15.2 Å². The topological polar surface area (TPSA) is 102 Å². The SMILES string of the molecule is CC[C@H](Sc1nc2ccsc2c(=O)n1NC(=O)COc1ccccc1Br)C(=O)NCc1ccc(C)cc1. The van der Waals surface area contributed by atoms with Crippen LogP contribution in [0.5, 0.6) is 5.75 Å². The van der Waals surface area contributed by atoms with Gasteiger partial charge in [-0.2, -0.15) is 4.68 Å². The van der Waals surface area contributed by atoms with Crippen LogP contribution in [0.3, 0.4) is 0 Å². The largest absolute Gasteiger partial charge is 0.483 e. The maximum atomic E-state index is 13.2. The van der Waals surface area contributed by atoms with E-state index in [-0.39, 0.29) is 17.7 Å². The molecule has 0 fully saturated rings. The molecule has 37 heavy (non-hydrogen) atoms. The lowest BCUT2D eigenvalue weighted by molar-refractivity contribution is -0.121. The summed E-state index contributed by atoms with van der Waals surface area (Å²) in [5.41, 5.74) is 4.84. The van der Waals surface area contributed by atoms with Crippen LogP contribution in [-0.4, -0.2) is 33.3 Å². The van der Waals surface area contributed by atoms with Gasteiger partial charge in [0, 0.05) is 6.54 Å². The Bertz CT molecular complexity index is 1470. The molecule has 0 radical (unpaired) electrons. The molecule has 0 saturated carbocycles. The fraction of sp³-hybridized carbons (Fsp3) is 0.231. The monoisotopic (exact) mass is 600 g/mol. The third-order valence-corrected chi connectivity index (χ3v) is 8.24. The summed E-state index contributed by atoms with van der Waals surface area (Å²) in [7, 11) is 0. The summed E-state index contributed by atoms with van der Waals surface area (Å²) in [6.07, 6.45) is 0.501. The smallest absolute Gasteiger partial charge is 0.291 e. The normalized spacial score (nSPS) is 11.8. The van der Waals surface area contributed by atoms with Crippen molar-refractivity contribution in [2.75, 3.05) is 12.0 Å². The Labute approximate surface area is 230 Å². The standard InChI is InChI=1S/C26H25BrN4O4S2/c1-3-21(24(33)28-14-17-10-8-16(2)9-11-17)37-26-29-19-12-13-36-23(19)25(34)31(26)30-22(32)15-35-20-7-5-4-6-18(20)27/h4-13,21H,3,14-15H2,1-2H3,(H,28,33)(H,30,32)/t21-/m0/s1. The second-order valence-corrected chi connectivity index (χ2v) is 11.1. The number of ether oxygens (including phenoxy) is 1. The third kappa shape index (κ3) is 6.79. The van der Waals surface area contributed by atoms with Crippen LogP contribution in [0.2, 0.25) is 0 Å². The number of benzene rings is 2. The minimum atomic E-state index is -0.533. The summed E-state index contributed by atoms with van der Waals surface area (Å²) in [6, 6.07) is 16.8. The maximum absolute atomic E-state index is 13.2. The van der Waals surface area contributed by atoms with Crippen LogP contribution >= 0.6 is 39.0 Å². The number of aryl methyl sites for hydroxylation is 1. The Morgan fingerprint density at radius 2 is 1.92 bits per heavy atom. The van der Waals surface area contributed by atoms with Gasteiger partial charge >= 0.3 is 0 Å². The summed E-state index contributed by atoms with van der Waals surface area (Å²) in [5.74, 6) is -0.208. The number of nitrogens with one attached hydrogen (secondary N) is 2. The van der Waals surface area contributed by atoms with Gasteiger partial charge in [0.2, 0.25) is 5.91 Å². The average Bonchev–Trinajstić information content (AvgIpc) is 3.37. The van der Waals surface area contributed by atoms with Crippen LogP contribution in [0.15, 0.2) is 74.4 Å². The summed E-state index contributed by atoms with van der Waals surface area (Å²) >= 11 is 5.75. The van der Waals surface area contributed by atoms with Gasteiger partial charge in [-0.25, -0.2) is 4.98 Å². The summed E-state index contributed by atoms with van der Waals surface area (Å²) in [5, 5.41) is 4.43. The van der Waals surface area contributed by atoms with Crippen molar-refractivity contribution in [3.63, 3.8) is 0 Å². The molecule has 4 aromatic rings. The number of para-hydroxylation sites is 1. The Kier molecular flexibility index (Phi) is 9.01. The van der Waals surface area contributed by atoms with Crippen molar-refractivity contribution in [1.82, 2.24) is 15.0 Å². The molecule has 0 aliphatic carbocycles. The number of thioether (sulfide) groups is 1. The Morgan fingerprint density at radius 3 is 2.65 bits per heavy atom. The lowest BCUT2D eigenvalue weighted by atomic mass is 10.1. The summed E-state index contributed by atoms with van der Waals surface area (Å²) < 4.78 is 7.80. The van der Waals surface area contributed by atoms with Crippen LogP contribution in [0.4, 0.5) is 0 Å². The zero-order valence-electron chi connectivity index (χ0n) is 20.2. The molecule has 0 bridgehead atoms. The maximum Gasteiger partial charge on any atom is 0.291 e. The third-order valence-electron chi connectivity index (χ3n) is 5.38. The van der Waals surface area contributed by atoms with Crippen molar-refractivity contribution in [3.8, 4) is 5.75 Å². The molecule has 2 heterocycles. The lowest BCUT2D eigenvalue weighted by Crippen LogP contribution is -2.38. The second kappa shape index (κ2) is 12.4. The zero-order valence-corrected chi connectivity index (χ0v) is 23.4. The van der Waals surface area contributed by atoms with E-state index in [1.165, 1.54) is 11.3 Å². The number of hydrogen-bond donors (Lipinski definition) is 2. The summed E-state index contributed by atoms with van der Waals surface area (Å²) in [4.78, 5) is 43.5. The molecule has 0 spiro atoms. The van der Waals surface area contributed by atoms with Gasteiger partial charge < -0.3 is 10.1 Å². The van der Waals surface area contributed by atoms with Crippen molar-refractivity contribution in [2.24, 2.45) is 0 Å². The molecule has 0 aliphatic heterocycles. The number of aromatic nitrogens is 2. The number of hydrogen-bond acceptors (Lipinski definition) is 7. The molecule has 0 aliphatic rings.